The van der Waals surface area contributed by atoms with Crippen LogP contribution in [0.4, 0.5) is 10.1 Å². The number of aromatic carboxylic acids is 1. The molecule has 2 aliphatic carbocycles. The summed E-state index contributed by atoms with van der Waals surface area (Å²) in [6, 6.07) is 3.11. The van der Waals surface area contributed by atoms with Crippen molar-refractivity contribution in [2.75, 3.05) is 18.0 Å². The number of hydrogen-bond acceptors (Lipinski definition) is 4. The lowest BCUT2D eigenvalue weighted by Crippen LogP contribution is -2.30. The smallest absolute Gasteiger partial charge is 0.341 e. The molecule has 1 atom stereocenters. The number of carbonyl (C=O) groups is 1. The first-order valence-electron chi connectivity index (χ1n) is 9.02. The van der Waals surface area contributed by atoms with E-state index < -0.39 is 17.2 Å². The Morgan fingerprint density at radius 1 is 1.30 bits per heavy atom. The van der Waals surface area contributed by atoms with Crippen molar-refractivity contribution in [1.29, 1.82) is 0 Å². The average Bonchev–Trinajstić information content (AvgIpc) is 3.48. The lowest BCUT2D eigenvalue weighted by atomic mass is 10.0. The third-order valence-electron chi connectivity index (χ3n) is 6.21. The Labute approximate surface area is 161 Å². The van der Waals surface area contributed by atoms with Gasteiger partial charge in [-0.2, -0.15) is 0 Å². The molecule has 144 valence electrons. The summed E-state index contributed by atoms with van der Waals surface area (Å²) in [6.07, 6.45) is 5.43. The first-order valence-corrected chi connectivity index (χ1v) is 9.02. The molecule has 2 saturated carbocycles. The van der Waals surface area contributed by atoms with E-state index in [0.717, 1.165) is 32.2 Å². The number of fused-ring (bicyclic) bond motifs is 1. The second kappa shape index (κ2) is 5.94. The Kier molecular flexibility index (Phi) is 4.01. The van der Waals surface area contributed by atoms with Gasteiger partial charge in [-0.15, -0.1) is 12.4 Å². The number of rotatable bonds is 3. The highest BCUT2D eigenvalue weighted by Crippen LogP contribution is 2.53. The van der Waals surface area contributed by atoms with E-state index in [4.69, 9.17) is 5.73 Å². The van der Waals surface area contributed by atoms with Crippen LogP contribution >= 0.6 is 12.4 Å². The number of nitrogens with zero attached hydrogens (tertiary/aromatic N) is 2. The van der Waals surface area contributed by atoms with Gasteiger partial charge in [0.25, 0.3) is 0 Å². The fourth-order valence-corrected chi connectivity index (χ4v) is 4.27. The molecule has 8 heteroatoms. The van der Waals surface area contributed by atoms with Crippen molar-refractivity contribution in [1.82, 2.24) is 4.57 Å². The lowest BCUT2D eigenvalue weighted by molar-refractivity contribution is 0.0695. The second-order valence-corrected chi connectivity index (χ2v) is 7.99. The number of halogens is 2. The zero-order valence-corrected chi connectivity index (χ0v) is 15.5. The van der Waals surface area contributed by atoms with Crippen LogP contribution in [-0.2, 0) is 0 Å². The van der Waals surface area contributed by atoms with Crippen LogP contribution in [-0.4, -0.2) is 34.8 Å². The van der Waals surface area contributed by atoms with Crippen molar-refractivity contribution in [2.24, 2.45) is 11.1 Å². The lowest BCUT2D eigenvalue weighted by Gasteiger charge is -2.21. The van der Waals surface area contributed by atoms with Crippen molar-refractivity contribution >= 4 is 35.0 Å². The molecule has 1 saturated heterocycles. The number of pyridine rings is 1. The van der Waals surface area contributed by atoms with Gasteiger partial charge in [-0.1, -0.05) is 0 Å². The Morgan fingerprint density at radius 3 is 2.56 bits per heavy atom. The first kappa shape index (κ1) is 18.3. The van der Waals surface area contributed by atoms with Gasteiger partial charge in [0.15, 0.2) is 0 Å². The van der Waals surface area contributed by atoms with Gasteiger partial charge in [-0.3, -0.25) is 4.79 Å². The number of benzene rings is 1. The number of anilines is 1. The molecule has 27 heavy (non-hydrogen) atoms. The van der Waals surface area contributed by atoms with Crippen LogP contribution < -0.4 is 16.1 Å². The number of carboxylic acids is 1. The number of aromatic nitrogens is 1. The number of hydrogen-bond donors (Lipinski definition) is 2. The predicted octanol–water partition coefficient (Wildman–Crippen LogP) is 2.52. The van der Waals surface area contributed by atoms with Crippen molar-refractivity contribution in [3.63, 3.8) is 0 Å². The Morgan fingerprint density at radius 2 is 2.00 bits per heavy atom. The molecule has 1 spiro atoms. The largest absolute Gasteiger partial charge is 0.477 e. The van der Waals surface area contributed by atoms with E-state index in [2.05, 4.69) is 0 Å². The van der Waals surface area contributed by atoms with Gasteiger partial charge in [0.2, 0.25) is 5.43 Å². The molecule has 1 aromatic carbocycles. The van der Waals surface area contributed by atoms with Gasteiger partial charge >= 0.3 is 5.97 Å². The van der Waals surface area contributed by atoms with E-state index in [0.29, 0.717) is 17.7 Å². The van der Waals surface area contributed by atoms with Crippen LogP contribution in [0.2, 0.25) is 0 Å². The highest BCUT2D eigenvalue weighted by Gasteiger charge is 2.53. The molecule has 0 unspecified atom stereocenters. The van der Waals surface area contributed by atoms with Crippen LogP contribution in [0.3, 0.4) is 0 Å². The van der Waals surface area contributed by atoms with E-state index in [1.165, 1.54) is 12.3 Å². The number of nitrogens with two attached hydrogens (primary N) is 1. The molecule has 3 aliphatic rings. The van der Waals surface area contributed by atoms with E-state index in [-0.39, 0.29) is 40.9 Å². The normalized spacial score (nSPS) is 22.9. The van der Waals surface area contributed by atoms with Crippen LogP contribution in [0.1, 0.15) is 42.1 Å². The Balaban J connectivity index is 0.00000180. The topological polar surface area (TPSA) is 88.6 Å². The van der Waals surface area contributed by atoms with Crippen molar-refractivity contribution in [2.45, 2.75) is 37.8 Å². The van der Waals surface area contributed by atoms with Crippen LogP contribution in [0.5, 0.6) is 0 Å². The van der Waals surface area contributed by atoms with Crippen molar-refractivity contribution in [3.8, 4) is 0 Å². The fourth-order valence-electron chi connectivity index (χ4n) is 4.27. The SMILES string of the molecule is Cl.N[C@@H]1CN(c2cc3c(cc2F)c(=O)c(C(=O)O)cn3C2CC2)CC12CC2. The Hall–Kier alpha value is -2.12. The van der Waals surface area contributed by atoms with Gasteiger partial charge < -0.3 is 20.3 Å². The molecular weight excluding hydrogens is 373 g/mol. The maximum absolute atomic E-state index is 14.9. The average molecular weight is 394 g/mol. The monoisotopic (exact) mass is 393 g/mol. The van der Waals surface area contributed by atoms with E-state index in [1.807, 2.05) is 9.47 Å². The summed E-state index contributed by atoms with van der Waals surface area (Å²) in [5, 5.41) is 9.44. The zero-order valence-electron chi connectivity index (χ0n) is 14.7. The number of carboxylic acid groups (broad SMARTS) is 1. The highest BCUT2D eigenvalue weighted by molar-refractivity contribution is 5.93. The minimum atomic E-state index is -1.28. The molecule has 0 amide bonds. The van der Waals surface area contributed by atoms with Crippen LogP contribution in [0.25, 0.3) is 10.9 Å². The van der Waals surface area contributed by atoms with E-state index >= 15 is 0 Å². The minimum Gasteiger partial charge on any atom is -0.477 e. The van der Waals surface area contributed by atoms with Gasteiger partial charge in [0, 0.05) is 42.2 Å². The molecule has 0 bridgehead atoms. The van der Waals surface area contributed by atoms with Gasteiger partial charge in [0.1, 0.15) is 11.4 Å². The summed E-state index contributed by atoms with van der Waals surface area (Å²) in [7, 11) is 0. The quantitative estimate of drug-likeness (QED) is 0.836. The van der Waals surface area contributed by atoms with Gasteiger partial charge in [-0.05, 0) is 37.8 Å². The minimum absolute atomic E-state index is 0. The van der Waals surface area contributed by atoms with Crippen molar-refractivity contribution in [3.05, 3.63) is 39.9 Å². The molecule has 3 N–H and O–H groups in total. The standard InChI is InChI=1S/C19H20FN3O3.ClH/c20-13-5-11-14(6-15(13)22-8-16(21)19(9-22)3-4-19)23(10-1-2-10)7-12(17(11)24)18(25)26;/h5-7,10,16H,1-4,8-9,21H2,(H,25,26);1H/t16-;/m1./s1. The predicted molar refractivity (Wildman–Crippen MR) is 102 cm³/mol. The summed E-state index contributed by atoms with van der Waals surface area (Å²) in [5.74, 6) is -1.78. The van der Waals surface area contributed by atoms with Crippen LogP contribution in [0, 0.1) is 11.2 Å². The van der Waals surface area contributed by atoms with Crippen LogP contribution in [0.15, 0.2) is 23.1 Å². The fraction of sp³-hybridized carbons (Fsp3) is 0.474. The molecule has 0 radical (unpaired) electrons. The third kappa shape index (κ3) is 2.72. The summed E-state index contributed by atoms with van der Waals surface area (Å²) in [5.41, 5.74) is 6.47. The molecule has 2 aromatic rings. The first-order chi connectivity index (χ1) is 12.4. The van der Waals surface area contributed by atoms with Gasteiger partial charge in [-0.25, -0.2) is 9.18 Å². The van der Waals surface area contributed by atoms with Crippen molar-refractivity contribution < 1.29 is 14.3 Å². The van der Waals surface area contributed by atoms with E-state index in [1.54, 1.807) is 6.07 Å². The third-order valence-corrected chi connectivity index (χ3v) is 6.21. The highest BCUT2D eigenvalue weighted by atomic mass is 35.5. The molecule has 1 aliphatic heterocycles. The summed E-state index contributed by atoms with van der Waals surface area (Å²) < 4.78 is 16.7. The summed E-state index contributed by atoms with van der Waals surface area (Å²) >= 11 is 0. The zero-order chi connectivity index (χ0) is 18.2. The molecule has 5 rings (SSSR count). The molecule has 1 aromatic heterocycles. The Bertz CT molecular complexity index is 1010. The summed E-state index contributed by atoms with van der Waals surface area (Å²) in [6.45, 7) is 1.33. The second-order valence-electron chi connectivity index (χ2n) is 7.99. The summed E-state index contributed by atoms with van der Waals surface area (Å²) in [4.78, 5) is 25.9. The van der Waals surface area contributed by atoms with Gasteiger partial charge in [0.05, 0.1) is 11.2 Å². The molecule has 2 heterocycles. The maximum Gasteiger partial charge on any atom is 0.341 e. The molecular formula is C19H21ClFN3O3. The maximum atomic E-state index is 14.9. The molecule has 3 fully saturated rings. The van der Waals surface area contributed by atoms with E-state index in [9.17, 15) is 19.1 Å². The molecule has 6 nitrogen and oxygen atoms in total.